The number of fused-ring (bicyclic) bond motifs is 1. The summed E-state index contributed by atoms with van der Waals surface area (Å²) in [4.78, 5) is 11.6. The fourth-order valence-corrected chi connectivity index (χ4v) is 1.93. The summed E-state index contributed by atoms with van der Waals surface area (Å²) in [5.74, 6) is -0.370. The van der Waals surface area contributed by atoms with Crippen molar-refractivity contribution in [3.63, 3.8) is 0 Å². The highest BCUT2D eigenvalue weighted by Gasteiger charge is 2.24. The topological polar surface area (TPSA) is 49.3 Å². The number of hydrogen-bond donors (Lipinski definition) is 2. The second-order valence-electron chi connectivity index (χ2n) is 4.85. The zero-order valence-corrected chi connectivity index (χ0v) is 9.71. The van der Waals surface area contributed by atoms with Gasteiger partial charge < -0.3 is 10.4 Å². The molecule has 0 atom stereocenters. The Kier molecular flexibility index (Phi) is 2.72. The maximum absolute atomic E-state index is 11.6. The summed E-state index contributed by atoms with van der Waals surface area (Å²) in [6, 6.07) is 5.96. The van der Waals surface area contributed by atoms with E-state index in [0.717, 1.165) is 18.5 Å². The predicted octanol–water partition coefficient (Wildman–Crippen LogP) is 1.88. The van der Waals surface area contributed by atoms with Crippen LogP contribution in [0.15, 0.2) is 18.2 Å². The Morgan fingerprint density at radius 1 is 1.31 bits per heavy atom. The molecule has 3 heteroatoms. The van der Waals surface area contributed by atoms with Crippen LogP contribution in [0, 0.1) is 0 Å². The molecule has 1 aliphatic carbocycles. The molecular formula is C13H17NO2. The molecule has 1 aromatic rings. The fraction of sp³-hybridized carbons (Fsp3) is 0.462. The third-order valence-corrected chi connectivity index (χ3v) is 2.91. The lowest BCUT2D eigenvalue weighted by molar-refractivity contribution is -0.130. The van der Waals surface area contributed by atoms with E-state index in [1.807, 2.05) is 12.1 Å². The largest absolute Gasteiger partial charge is 0.381 e. The number of aryl methyl sites for hydroxylation is 2. The van der Waals surface area contributed by atoms with E-state index in [2.05, 4.69) is 11.4 Å². The van der Waals surface area contributed by atoms with Crippen LogP contribution in [0.3, 0.4) is 0 Å². The lowest BCUT2D eigenvalue weighted by atomic mass is 10.1. The first-order valence-electron chi connectivity index (χ1n) is 5.62. The predicted molar refractivity (Wildman–Crippen MR) is 63.4 cm³/mol. The van der Waals surface area contributed by atoms with Gasteiger partial charge in [0, 0.05) is 5.69 Å². The molecule has 0 fully saturated rings. The molecule has 0 saturated heterocycles. The fourth-order valence-electron chi connectivity index (χ4n) is 1.93. The number of carbonyl (C=O) groups excluding carboxylic acids is 1. The van der Waals surface area contributed by atoms with Crippen LogP contribution in [-0.2, 0) is 17.6 Å². The van der Waals surface area contributed by atoms with Gasteiger partial charge in [-0.3, -0.25) is 4.79 Å². The number of anilines is 1. The summed E-state index contributed by atoms with van der Waals surface area (Å²) in [7, 11) is 0. The normalized spacial score (nSPS) is 14.7. The van der Waals surface area contributed by atoms with Crippen molar-refractivity contribution >= 4 is 11.6 Å². The molecule has 2 rings (SSSR count). The molecule has 3 nitrogen and oxygen atoms in total. The summed E-state index contributed by atoms with van der Waals surface area (Å²) in [6.07, 6.45) is 3.41. The van der Waals surface area contributed by atoms with E-state index < -0.39 is 5.60 Å². The second-order valence-corrected chi connectivity index (χ2v) is 4.85. The summed E-state index contributed by atoms with van der Waals surface area (Å²) < 4.78 is 0. The van der Waals surface area contributed by atoms with Gasteiger partial charge in [0.1, 0.15) is 5.60 Å². The average Bonchev–Trinajstić information content (AvgIpc) is 2.63. The third-order valence-electron chi connectivity index (χ3n) is 2.91. The standard InChI is InChI=1S/C13H17NO2/c1-13(2,16)12(15)14-11-7-6-9-4-3-5-10(9)8-11/h6-8,16H,3-5H2,1-2H3,(H,14,15). The van der Waals surface area contributed by atoms with Crippen molar-refractivity contribution in [2.24, 2.45) is 0 Å². The quantitative estimate of drug-likeness (QED) is 0.798. The molecule has 0 spiro atoms. The molecular weight excluding hydrogens is 202 g/mol. The summed E-state index contributed by atoms with van der Waals surface area (Å²) in [5.41, 5.74) is 2.13. The number of nitrogens with one attached hydrogen (secondary N) is 1. The van der Waals surface area contributed by atoms with E-state index in [-0.39, 0.29) is 5.91 Å². The Balaban J connectivity index is 2.14. The Morgan fingerprint density at radius 3 is 2.69 bits per heavy atom. The average molecular weight is 219 g/mol. The minimum Gasteiger partial charge on any atom is -0.381 e. The van der Waals surface area contributed by atoms with Crippen molar-refractivity contribution in [3.05, 3.63) is 29.3 Å². The Labute approximate surface area is 95.5 Å². The Morgan fingerprint density at radius 2 is 2.00 bits per heavy atom. The van der Waals surface area contributed by atoms with E-state index in [0.29, 0.717) is 0 Å². The summed E-state index contributed by atoms with van der Waals surface area (Å²) >= 11 is 0. The first-order valence-corrected chi connectivity index (χ1v) is 5.62. The van der Waals surface area contributed by atoms with Gasteiger partial charge in [-0.15, -0.1) is 0 Å². The van der Waals surface area contributed by atoms with Crippen LogP contribution in [0.4, 0.5) is 5.69 Å². The Hall–Kier alpha value is -1.35. The van der Waals surface area contributed by atoms with E-state index >= 15 is 0 Å². The minimum atomic E-state index is -1.33. The van der Waals surface area contributed by atoms with Crippen LogP contribution in [0.5, 0.6) is 0 Å². The van der Waals surface area contributed by atoms with Crippen LogP contribution in [0.25, 0.3) is 0 Å². The number of aliphatic hydroxyl groups is 1. The van der Waals surface area contributed by atoms with E-state index in [1.54, 1.807) is 0 Å². The highest BCUT2D eigenvalue weighted by Crippen LogP contribution is 2.25. The van der Waals surface area contributed by atoms with Gasteiger partial charge in [0.05, 0.1) is 0 Å². The van der Waals surface area contributed by atoms with Crippen LogP contribution in [0.1, 0.15) is 31.4 Å². The van der Waals surface area contributed by atoms with Gasteiger partial charge in [-0.2, -0.15) is 0 Å². The van der Waals surface area contributed by atoms with Crippen LogP contribution >= 0.6 is 0 Å². The first kappa shape index (κ1) is 11.1. The number of amides is 1. The Bertz CT molecular complexity index is 418. The molecule has 0 aliphatic heterocycles. The van der Waals surface area contributed by atoms with Crippen LogP contribution in [0.2, 0.25) is 0 Å². The molecule has 0 radical (unpaired) electrons. The maximum Gasteiger partial charge on any atom is 0.255 e. The van der Waals surface area contributed by atoms with Crippen molar-refractivity contribution in [2.45, 2.75) is 38.7 Å². The van der Waals surface area contributed by atoms with Gasteiger partial charge in [-0.25, -0.2) is 0 Å². The van der Waals surface area contributed by atoms with E-state index in [1.165, 1.54) is 31.4 Å². The molecule has 0 aromatic heterocycles. The monoisotopic (exact) mass is 219 g/mol. The van der Waals surface area contributed by atoms with Gasteiger partial charge in [0.2, 0.25) is 0 Å². The molecule has 1 aliphatic rings. The third kappa shape index (κ3) is 2.25. The smallest absolute Gasteiger partial charge is 0.255 e. The van der Waals surface area contributed by atoms with Crippen molar-refractivity contribution < 1.29 is 9.90 Å². The molecule has 1 aromatic carbocycles. The van der Waals surface area contributed by atoms with Crippen LogP contribution in [-0.4, -0.2) is 16.6 Å². The van der Waals surface area contributed by atoms with Crippen molar-refractivity contribution in [1.29, 1.82) is 0 Å². The second kappa shape index (κ2) is 3.91. The van der Waals surface area contributed by atoms with Gasteiger partial charge in [-0.1, -0.05) is 6.07 Å². The van der Waals surface area contributed by atoms with E-state index in [9.17, 15) is 9.90 Å². The molecule has 0 saturated carbocycles. The zero-order valence-electron chi connectivity index (χ0n) is 9.71. The SMILES string of the molecule is CC(C)(O)C(=O)Nc1ccc2c(c1)CCC2. The molecule has 0 unspecified atom stereocenters. The van der Waals surface area contributed by atoms with Crippen molar-refractivity contribution in [3.8, 4) is 0 Å². The molecule has 0 heterocycles. The molecule has 16 heavy (non-hydrogen) atoms. The minimum absolute atomic E-state index is 0.370. The molecule has 1 amide bonds. The van der Waals surface area contributed by atoms with Crippen LogP contribution < -0.4 is 5.32 Å². The van der Waals surface area contributed by atoms with Crippen molar-refractivity contribution in [2.75, 3.05) is 5.32 Å². The van der Waals surface area contributed by atoms with Gasteiger partial charge in [-0.05, 0) is 56.4 Å². The molecule has 0 bridgehead atoms. The zero-order chi connectivity index (χ0) is 11.8. The number of hydrogen-bond acceptors (Lipinski definition) is 2. The van der Waals surface area contributed by atoms with Crippen molar-refractivity contribution in [1.82, 2.24) is 0 Å². The first-order chi connectivity index (χ1) is 7.47. The highest BCUT2D eigenvalue weighted by molar-refractivity contribution is 5.96. The molecule has 2 N–H and O–H groups in total. The summed E-state index contributed by atoms with van der Waals surface area (Å²) in [6.45, 7) is 2.96. The maximum atomic E-state index is 11.6. The van der Waals surface area contributed by atoms with Gasteiger partial charge in [0.15, 0.2) is 0 Å². The molecule has 86 valence electrons. The lowest BCUT2D eigenvalue weighted by Crippen LogP contribution is -2.36. The van der Waals surface area contributed by atoms with E-state index in [4.69, 9.17) is 0 Å². The summed E-state index contributed by atoms with van der Waals surface area (Å²) in [5, 5.41) is 12.3. The number of rotatable bonds is 2. The lowest BCUT2D eigenvalue weighted by Gasteiger charge is -2.17. The number of benzene rings is 1. The van der Waals surface area contributed by atoms with Gasteiger partial charge in [0.25, 0.3) is 5.91 Å². The highest BCUT2D eigenvalue weighted by atomic mass is 16.3. The van der Waals surface area contributed by atoms with Gasteiger partial charge >= 0.3 is 0 Å². The number of carbonyl (C=O) groups is 1.